The highest BCUT2D eigenvalue weighted by Crippen LogP contribution is 2.42. The lowest BCUT2D eigenvalue weighted by atomic mass is 10.1. The molecule has 0 spiro atoms. The first kappa shape index (κ1) is 16.9. The van der Waals surface area contributed by atoms with Gasteiger partial charge in [0.05, 0.1) is 24.0 Å². The third-order valence-corrected chi connectivity index (χ3v) is 5.71. The van der Waals surface area contributed by atoms with E-state index >= 15 is 0 Å². The molecule has 1 aliphatic heterocycles. The number of amides is 1. The van der Waals surface area contributed by atoms with Gasteiger partial charge in [0.2, 0.25) is 5.91 Å². The maximum Gasteiger partial charge on any atom is 0.236 e. The Bertz CT molecular complexity index is 980. The Morgan fingerprint density at radius 1 is 1.27 bits per heavy atom. The zero-order valence-corrected chi connectivity index (χ0v) is 15.1. The van der Waals surface area contributed by atoms with E-state index in [0.29, 0.717) is 6.61 Å². The molecular formula is C20H19N3O2S. The molecule has 0 radical (unpaired) electrons. The summed E-state index contributed by atoms with van der Waals surface area (Å²) in [4.78, 5) is 16.6. The summed E-state index contributed by atoms with van der Waals surface area (Å²) in [5.41, 5.74) is 8.67. The molecule has 3 aromatic rings. The van der Waals surface area contributed by atoms with Crippen molar-refractivity contribution in [2.45, 2.75) is 24.5 Å². The zero-order chi connectivity index (χ0) is 18.1. The molecule has 0 saturated carbocycles. The van der Waals surface area contributed by atoms with E-state index in [4.69, 9.17) is 10.5 Å². The van der Waals surface area contributed by atoms with Crippen LogP contribution >= 0.6 is 11.8 Å². The van der Waals surface area contributed by atoms with Crippen molar-refractivity contribution >= 4 is 28.7 Å². The molecule has 6 heteroatoms. The van der Waals surface area contributed by atoms with Crippen molar-refractivity contribution in [1.29, 1.82) is 0 Å². The molecule has 2 N–H and O–H groups in total. The molecule has 0 saturated heterocycles. The van der Waals surface area contributed by atoms with Gasteiger partial charge < -0.3 is 10.5 Å². The van der Waals surface area contributed by atoms with E-state index in [1.54, 1.807) is 6.33 Å². The number of primary amides is 1. The van der Waals surface area contributed by atoms with Crippen LogP contribution in [0.4, 0.5) is 0 Å². The fraction of sp³-hybridized carbons (Fsp3) is 0.200. The average Bonchev–Trinajstić information content (AvgIpc) is 3.26. The van der Waals surface area contributed by atoms with Gasteiger partial charge in [-0.3, -0.25) is 9.36 Å². The second kappa shape index (κ2) is 6.63. The monoisotopic (exact) mass is 365 g/mol. The summed E-state index contributed by atoms with van der Waals surface area (Å²) in [6, 6.07) is 15.9. The number of nitrogens with zero attached hydrogens (tertiary/aromatic N) is 2. The van der Waals surface area contributed by atoms with Crippen LogP contribution < -0.4 is 5.73 Å². The predicted molar refractivity (Wildman–Crippen MR) is 103 cm³/mol. The third-order valence-electron chi connectivity index (χ3n) is 4.58. The van der Waals surface area contributed by atoms with Gasteiger partial charge >= 0.3 is 0 Å². The predicted octanol–water partition coefficient (Wildman–Crippen LogP) is 3.33. The van der Waals surface area contributed by atoms with Gasteiger partial charge in [-0.05, 0) is 36.1 Å². The number of para-hydroxylation sites is 2. The lowest BCUT2D eigenvalue weighted by molar-refractivity contribution is -0.129. The number of hydrogen-bond acceptors (Lipinski definition) is 4. The molecule has 0 aliphatic carbocycles. The lowest BCUT2D eigenvalue weighted by Gasteiger charge is -2.34. The van der Waals surface area contributed by atoms with E-state index in [1.165, 1.54) is 17.3 Å². The van der Waals surface area contributed by atoms with Crippen molar-refractivity contribution in [3.8, 4) is 0 Å². The van der Waals surface area contributed by atoms with Crippen LogP contribution in [0.3, 0.4) is 0 Å². The number of thioether (sulfide) groups is 1. The second-order valence-corrected chi connectivity index (χ2v) is 7.37. The number of nitrogens with two attached hydrogens (primary N) is 1. The standard InChI is InChI=1S/C20H19N3O2S/c1-14-6-8-15(9-7-14)12-25-20(10-11-26-18(20)19(21)24)23-13-22-16-4-2-3-5-17(16)23/h2-11,13,18H,12H2,1H3,(H2,21,24). The third kappa shape index (κ3) is 2.81. The molecular weight excluding hydrogens is 346 g/mol. The summed E-state index contributed by atoms with van der Waals surface area (Å²) in [6.07, 6.45) is 3.61. The van der Waals surface area contributed by atoms with Crippen LogP contribution in [0.2, 0.25) is 0 Å². The summed E-state index contributed by atoms with van der Waals surface area (Å²) < 4.78 is 8.26. The number of benzene rings is 2. The number of imidazole rings is 1. The van der Waals surface area contributed by atoms with Gasteiger partial charge in [0.1, 0.15) is 5.25 Å². The van der Waals surface area contributed by atoms with E-state index in [2.05, 4.69) is 4.98 Å². The van der Waals surface area contributed by atoms with Crippen molar-refractivity contribution in [1.82, 2.24) is 9.55 Å². The molecule has 1 amide bonds. The van der Waals surface area contributed by atoms with Crippen molar-refractivity contribution in [3.63, 3.8) is 0 Å². The minimum absolute atomic E-state index is 0.363. The molecule has 132 valence electrons. The van der Waals surface area contributed by atoms with E-state index in [1.807, 2.05) is 71.5 Å². The number of aryl methyl sites for hydroxylation is 1. The van der Waals surface area contributed by atoms with Crippen molar-refractivity contribution < 1.29 is 9.53 Å². The number of fused-ring (bicyclic) bond motifs is 1. The molecule has 4 rings (SSSR count). The summed E-state index contributed by atoms with van der Waals surface area (Å²) in [5, 5.41) is 1.31. The molecule has 0 fully saturated rings. The van der Waals surface area contributed by atoms with Gasteiger partial charge in [0, 0.05) is 0 Å². The van der Waals surface area contributed by atoms with Gasteiger partial charge in [0.15, 0.2) is 5.72 Å². The number of carbonyl (C=O) groups is 1. The number of rotatable bonds is 5. The van der Waals surface area contributed by atoms with E-state index in [9.17, 15) is 4.79 Å². The van der Waals surface area contributed by atoms with Gasteiger partial charge in [-0.1, -0.05) is 42.0 Å². The van der Waals surface area contributed by atoms with Crippen LogP contribution in [0.1, 0.15) is 11.1 Å². The van der Waals surface area contributed by atoms with Crippen LogP contribution in [0.15, 0.2) is 66.3 Å². The minimum atomic E-state index is -1.00. The summed E-state index contributed by atoms with van der Waals surface area (Å²) in [7, 11) is 0. The normalized spacial score (nSPS) is 22.1. The molecule has 26 heavy (non-hydrogen) atoms. The van der Waals surface area contributed by atoms with Crippen LogP contribution in [-0.4, -0.2) is 20.7 Å². The summed E-state index contributed by atoms with van der Waals surface area (Å²) in [6.45, 7) is 2.41. The van der Waals surface area contributed by atoms with Crippen LogP contribution in [0.25, 0.3) is 11.0 Å². The Kier molecular flexibility index (Phi) is 4.30. The fourth-order valence-corrected chi connectivity index (χ4v) is 4.21. The largest absolute Gasteiger partial charge is 0.369 e. The van der Waals surface area contributed by atoms with E-state index < -0.39 is 16.9 Å². The SMILES string of the molecule is Cc1ccc(COC2(n3cnc4ccccc43)C=CSC2C(N)=O)cc1. The first-order valence-corrected chi connectivity index (χ1v) is 9.29. The Balaban J connectivity index is 1.76. The Morgan fingerprint density at radius 3 is 2.81 bits per heavy atom. The molecule has 0 bridgehead atoms. The molecule has 1 aromatic heterocycles. The Labute approximate surface area is 155 Å². The second-order valence-electron chi connectivity index (χ2n) is 6.35. The van der Waals surface area contributed by atoms with Gasteiger partial charge in [-0.2, -0.15) is 0 Å². The maximum absolute atomic E-state index is 12.2. The topological polar surface area (TPSA) is 70.1 Å². The molecule has 2 aromatic carbocycles. The number of ether oxygens (including phenoxy) is 1. The Morgan fingerprint density at radius 2 is 2.04 bits per heavy atom. The van der Waals surface area contributed by atoms with Crippen LogP contribution in [-0.2, 0) is 21.9 Å². The molecule has 2 heterocycles. The molecule has 2 unspecified atom stereocenters. The maximum atomic E-state index is 12.2. The van der Waals surface area contributed by atoms with Crippen molar-refractivity contribution in [2.24, 2.45) is 5.73 Å². The van der Waals surface area contributed by atoms with Crippen LogP contribution in [0.5, 0.6) is 0 Å². The summed E-state index contributed by atoms with van der Waals surface area (Å²) >= 11 is 1.37. The van der Waals surface area contributed by atoms with E-state index in [-0.39, 0.29) is 0 Å². The average molecular weight is 365 g/mol. The molecule has 1 aliphatic rings. The van der Waals surface area contributed by atoms with Gasteiger partial charge in [-0.25, -0.2) is 4.98 Å². The number of hydrogen-bond donors (Lipinski definition) is 1. The number of carbonyl (C=O) groups excluding carboxylic acids is 1. The highest BCUT2D eigenvalue weighted by Gasteiger charge is 2.47. The highest BCUT2D eigenvalue weighted by atomic mass is 32.2. The molecule has 5 nitrogen and oxygen atoms in total. The zero-order valence-electron chi connectivity index (χ0n) is 14.3. The lowest BCUT2D eigenvalue weighted by Crippen LogP contribution is -2.48. The smallest absolute Gasteiger partial charge is 0.236 e. The fourth-order valence-electron chi connectivity index (χ4n) is 3.19. The summed E-state index contributed by atoms with van der Waals surface area (Å²) in [5.74, 6) is -0.415. The molecule has 2 atom stereocenters. The minimum Gasteiger partial charge on any atom is -0.369 e. The van der Waals surface area contributed by atoms with Crippen molar-refractivity contribution in [2.75, 3.05) is 0 Å². The van der Waals surface area contributed by atoms with Gasteiger partial charge in [0.25, 0.3) is 0 Å². The highest BCUT2D eigenvalue weighted by molar-refractivity contribution is 8.03. The van der Waals surface area contributed by atoms with Crippen molar-refractivity contribution in [3.05, 3.63) is 77.5 Å². The van der Waals surface area contributed by atoms with E-state index in [0.717, 1.165) is 16.6 Å². The van der Waals surface area contributed by atoms with Gasteiger partial charge in [-0.15, -0.1) is 11.8 Å². The number of aromatic nitrogens is 2. The quantitative estimate of drug-likeness (QED) is 0.753. The Hall–Kier alpha value is -2.57. The van der Waals surface area contributed by atoms with Crippen LogP contribution in [0, 0.1) is 6.92 Å². The first-order chi connectivity index (χ1) is 12.6. The first-order valence-electron chi connectivity index (χ1n) is 8.35.